The normalized spacial score (nSPS) is 16.9. The highest BCUT2D eigenvalue weighted by atomic mass is 32.2. The zero-order chi connectivity index (χ0) is 26.5. The summed E-state index contributed by atoms with van der Waals surface area (Å²) in [5, 5.41) is 2.92. The highest BCUT2D eigenvalue weighted by Crippen LogP contribution is 2.44. The number of alkyl halides is 3. The average molecular weight is 523 g/mol. The Hall–Kier alpha value is -3.31. The number of dihydropyridines is 1. The number of carbonyl (C=O) groups is 2. The van der Waals surface area contributed by atoms with Crippen LogP contribution in [-0.2, 0) is 36.4 Å². The van der Waals surface area contributed by atoms with E-state index in [1.165, 1.54) is 49.6 Å². The van der Waals surface area contributed by atoms with Crippen LogP contribution in [0.3, 0.4) is 0 Å². The summed E-state index contributed by atoms with van der Waals surface area (Å²) in [4.78, 5) is 30.5. The number of aromatic nitrogens is 1. The molecule has 0 bridgehead atoms. The molecule has 0 saturated heterocycles. The van der Waals surface area contributed by atoms with Crippen molar-refractivity contribution in [3.05, 3.63) is 82.5 Å². The molecular weight excluding hydrogens is 497 g/mol. The third kappa shape index (κ3) is 5.90. The van der Waals surface area contributed by atoms with E-state index in [9.17, 15) is 27.3 Å². The molecule has 0 radical (unpaired) electrons. The molecule has 2 aromatic rings. The molecule has 2 atom stereocenters. The molecule has 3 rings (SSSR count). The topological polar surface area (TPSA) is 101 Å². The number of ether oxygens (including phenoxy) is 2. The Balaban J connectivity index is 2.27. The number of hydrogen-bond acceptors (Lipinski definition) is 7. The fourth-order valence-corrected chi connectivity index (χ4v) is 5.04. The van der Waals surface area contributed by atoms with Crippen molar-refractivity contribution in [1.29, 1.82) is 0 Å². The second-order valence-electron chi connectivity index (χ2n) is 7.69. The van der Waals surface area contributed by atoms with Crippen molar-refractivity contribution >= 4 is 23.1 Å². The second-order valence-corrected chi connectivity index (χ2v) is 9.14. The molecule has 2 heterocycles. The summed E-state index contributed by atoms with van der Waals surface area (Å²) in [5.74, 6) is -3.51. The summed E-state index contributed by atoms with van der Waals surface area (Å²) in [6.07, 6.45) is -1.86. The lowest BCUT2D eigenvalue weighted by molar-refractivity contribution is -0.142. The first-order valence-electron chi connectivity index (χ1n) is 11.1. The standard InChI is InChI=1S/C25H25F3N2O5S/c1-4-34-23(31)20-15(3)30-19(14-36(33)16-10-12-29-13-11-16)22(24(32)35-5-2)21(20)17-8-6-7-9-18(17)25(26,27)28/h6-13,21,30H,4-5,14H2,1-3H3. The van der Waals surface area contributed by atoms with Gasteiger partial charge in [-0.3, -0.25) is 4.98 Å². The number of rotatable bonds is 8. The van der Waals surface area contributed by atoms with Crippen molar-refractivity contribution in [2.75, 3.05) is 19.0 Å². The lowest BCUT2D eigenvalue weighted by Crippen LogP contribution is -2.36. The van der Waals surface area contributed by atoms with Crippen LogP contribution in [0.4, 0.5) is 13.2 Å². The first kappa shape index (κ1) is 27.3. The third-order valence-electron chi connectivity index (χ3n) is 5.40. The van der Waals surface area contributed by atoms with Crippen LogP contribution in [0.25, 0.3) is 0 Å². The molecule has 2 unspecified atom stereocenters. The Bertz CT molecular complexity index is 1180. The van der Waals surface area contributed by atoms with E-state index in [1.807, 2.05) is 0 Å². The van der Waals surface area contributed by atoms with Crippen LogP contribution in [-0.4, -0.2) is 40.4 Å². The number of carbonyl (C=O) groups excluding carboxylic acids is 2. The van der Waals surface area contributed by atoms with Crippen LogP contribution in [0.5, 0.6) is 0 Å². The van der Waals surface area contributed by atoms with Gasteiger partial charge in [-0.25, -0.2) is 9.59 Å². The summed E-state index contributed by atoms with van der Waals surface area (Å²) in [5.41, 5.74) is -1.44. The predicted molar refractivity (Wildman–Crippen MR) is 126 cm³/mol. The van der Waals surface area contributed by atoms with Crippen molar-refractivity contribution in [3.63, 3.8) is 0 Å². The monoisotopic (exact) mass is 522 g/mol. The molecule has 1 aliphatic heterocycles. The zero-order valence-electron chi connectivity index (χ0n) is 19.8. The van der Waals surface area contributed by atoms with Crippen LogP contribution < -0.4 is 5.32 Å². The van der Waals surface area contributed by atoms with Crippen molar-refractivity contribution in [2.24, 2.45) is 0 Å². The minimum absolute atomic E-state index is 0.0272. The molecule has 1 aliphatic rings. The average Bonchev–Trinajstić information content (AvgIpc) is 2.83. The summed E-state index contributed by atoms with van der Waals surface area (Å²) in [6, 6.07) is 7.78. The lowest BCUT2D eigenvalue weighted by atomic mass is 9.78. The summed E-state index contributed by atoms with van der Waals surface area (Å²) in [6.45, 7) is 4.52. The van der Waals surface area contributed by atoms with E-state index in [1.54, 1.807) is 13.8 Å². The molecule has 0 fully saturated rings. The number of hydrogen-bond donors (Lipinski definition) is 1. The number of allylic oxidation sites excluding steroid dienone is 1. The molecule has 0 spiro atoms. The first-order valence-corrected chi connectivity index (χ1v) is 12.4. The Morgan fingerprint density at radius 1 is 1.03 bits per heavy atom. The Labute approximate surface area is 209 Å². The van der Waals surface area contributed by atoms with Gasteiger partial charge in [-0.15, -0.1) is 0 Å². The van der Waals surface area contributed by atoms with Gasteiger partial charge in [0.05, 0.1) is 41.5 Å². The predicted octanol–water partition coefficient (Wildman–Crippen LogP) is 4.25. The molecule has 192 valence electrons. The molecule has 1 N–H and O–H groups in total. The van der Waals surface area contributed by atoms with Crippen molar-refractivity contribution in [1.82, 2.24) is 10.3 Å². The van der Waals surface area contributed by atoms with Gasteiger partial charge < -0.3 is 19.3 Å². The molecule has 0 amide bonds. The fraction of sp³-hybridized carbons (Fsp3) is 0.320. The smallest absolute Gasteiger partial charge is 0.416 e. The number of nitrogens with one attached hydrogen (secondary N) is 1. The molecule has 36 heavy (non-hydrogen) atoms. The van der Waals surface area contributed by atoms with E-state index in [2.05, 4.69) is 10.3 Å². The number of benzene rings is 1. The van der Waals surface area contributed by atoms with Crippen LogP contribution in [0.15, 0.2) is 76.2 Å². The SMILES string of the molecule is CCOC(=O)C1=C(C)NC(C[S+]([O-])c2ccncc2)=C(C(=O)OCC)C1c1ccccc1C(F)(F)F. The van der Waals surface area contributed by atoms with E-state index < -0.39 is 40.8 Å². The fourth-order valence-electron chi connectivity index (χ4n) is 3.96. The maximum Gasteiger partial charge on any atom is 0.416 e. The molecular formula is C25H25F3N2O5S. The van der Waals surface area contributed by atoms with Gasteiger partial charge in [-0.1, -0.05) is 18.2 Å². The molecule has 1 aromatic heterocycles. The van der Waals surface area contributed by atoms with Crippen molar-refractivity contribution in [3.8, 4) is 0 Å². The summed E-state index contributed by atoms with van der Waals surface area (Å²) >= 11 is -1.69. The quantitative estimate of drug-likeness (QED) is 0.409. The van der Waals surface area contributed by atoms with Crippen LogP contribution in [0.1, 0.15) is 37.8 Å². The van der Waals surface area contributed by atoms with E-state index in [-0.39, 0.29) is 47.1 Å². The largest absolute Gasteiger partial charge is 0.611 e. The number of esters is 2. The Kier molecular flexibility index (Phi) is 8.80. The summed E-state index contributed by atoms with van der Waals surface area (Å²) in [7, 11) is 0. The third-order valence-corrected chi connectivity index (χ3v) is 6.75. The second kappa shape index (κ2) is 11.6. The van der Waals surface area contributed by atoms with Gasteiger partial charge in [-0.05, 0) is 43.6 Å². The minimum Gasteiger partial charge on any atom is -0.611 e. The minimum atomic E-state index is -4.77. The van der Waals surface area contributed by atoms with E-state index in [0.717, 1.165) is 6.07 Å². The van der Waals surface area contributed by atoms with Crippen molar-refractivity contribution in [2.45, 2.75) is 37.8 Å². The van der Waals surface area contributed by atoms with Gasteiger partial charge in [0.1, 0.15) is 0 Å². The van der Waals surface area contributed by atoms with Gasteiger partial charge in [0.2, 0.25) is 0 Å². The van der Waals surface area contributed by atoms with Crippen molar-refractivity contribution < 1.29 is 36.8 Å². The van der Waals surface area contributed by atoms with Gasteiger partial charge >= 0.3 is 18.1 Å². The number of nitrogens with zero attached hydrogens (tertiary/aromatic N) is 1. The highest BCUT2D eigenvalue weighted by molar-refractivity contribution is 7.91. The zero-order valence-corrected chi connectivity index (χ0v) is 20.7. The molecule has 7 nitrogen and oxygen atoms in total. The van der Waals surface area contributed by atoms with Gasteiger partial charge in [0.25, 0.3) is 0 Å². The molecule has 11 heteroatoms. The van der Waals surface area contributed by atoms with Gasteiger partial charge in [-0.2, -0.15) is 13.2 Å². The molecule has 0 aliphatic carbocycles. The summed E-state index contributed by atoms with van der Waals surface area (Å²) < 4.78 is 65.6. The number of halogens is 3. The van der Waals surface area contributed by atoms with E-state index >= 15 is 0 Å². The maximum absolute atomic E-state index is 14.0. The Morgan fingerprint density at radius 3 is 2.19 bits per heavy atom. The molecule has 1 aromatic carbocycles. The first-order chi connectivity index (χ1) is 17.1. The van der Waals surface area contributed by atoms with Crippen LogP contribution >= 0.6 is 0 Å². The van der Waals surface area contributed by atoms with Gasteiger partial charge in [0.15, 0.2) is 10.6 Å². The maximum atomic E-state index is 14.0. The number of pyridine rings is 1. The van der Waals surface area contributed by atoms with Crippen LogP contribution in [0.2, 0.25) is 0 Å². The van der Waals surface area contributed by atoms with Crippen LogP contribution in [0, 0.1) is 0 Å². The van der Waals surface area contributed by atoms with Gasteiger partial charge in [0, 0.05) is 30.2 Å². The lowest BCUT2D eigenvalue weighted by Gasteiger charge is -2.32. The molecule has 0 saturated carbocycles. The highest BCUT2D eigenvalue weighted by Gasteiger charge is 2.44. The van der Waals surface area contributed by atoms with E-state index in [0.29, 0.717) is 4.90 Å². The Morgan fingerprint density at radius 2 is 1.61 bits per heavy atom. The van der Waals surface area contributed by atoms with E-state index in [4.69, 9.17) is 9.47 Å².